The summed E-state index contributed by atoms with van der Waals surface area (Å²) >= 11 is 6.38. The van der Waals surface area contributed by atoms with Gasteiger partial charge >= 0.3 is 0 Å². The van der Waals surface area contributed by atoms with Crippen LogP contribution in [-0.4, -0.2) is 17.1 Å². The first-order chi connectivity index (χ1) is 11.1. The Labute approximate surface area is 151 Å². The predicted octanol–water partition coefficient (Wildman–Crippen LogP) is 7.48. The minimum Gasteiger partial charge on any atom is -0.396 e. The molecular weight excluding hydrogens is 304 g/mol. The molecular formula is C21H43ClO. The second kappa shape index (κ2) is 15.8. The van der Waals surface area contributed by atoms with Crippen LogP contribution in [-0.2, 0) is 0 Å². The Morgan fingerprint density at radius 1 is 0.739 bits per heavy atom. The molecule has 0 bridgehead atoms. The van der Waals surface area contributed by atoms with E-state index >= 15 is 0 Å². The van der Waals surface area contributed by atoms with Crippen LogP contribution in [0.1, 0.15) is 117 Å². The molecule has 0 amide bonds. The van der Waals surface area contributed by atoms with Gasteiger partial charge in [0.1, 0.15) is 0 Å². The normalized spacial score (nSPS) is 15.5. The smallest absolute Gasteiger partial charge is 0.0431 e. The summed E-state index contributed by atoms with van der Waals surface area (Å²) in [7, 11) is 0. The van der Waals surface area contributed by atoms with Crippen molar-refractivity contribution in [1.29, 1.82) is 0 Å². The molecule has 0 radical (unpaired) electrons. The Kier molecular flexibility index (Phi) is 15.9. The molecule has 0 aliphatic rings. The average Bonchev–Trinajstić information content (AvgIpc) is 2.53. The Balaban J connectivity index is 3.46. The first-order valence-corrected chi connectivity index (χ1v) is 10.8. The van der Waals surface area contributed by atoms with Crippen LogP contribution < -0.4 is 0 Å². The molecule has 1 N–H and O–H groups in total. The van der Waals surface area contributed by atoms with Crippen molar-refractivity contribution >= 4 is 11.6 Å². The molecule has 0 aromatic rings. The quantitative estimate of drug-likeness (QED) is 0.214. The molecule has 1 nitrogen and oxygen atoms in total. The number of aliphatic hydroxyl groups excluding tert-OH is 1. The third-order valence-corrected chi connectivity index (χ3v) is 5.99. The molecule has 0 aromatic carbocycles. The van der Waals surface area contributed by atoms with E-state index in [1.165, 1.54) is 83.5 Å². The summed E-state index contributed by atoms with van der Waals surface area (Å²) in [5.41, 5.74) is 0.197. The van der Waals surface area contributed by atoms with Crippen LogP contribution >= 0.6 is 11.6 Å². The van der Waals surface area contributed by atoms with Crippen molar-refractivity contribution < 1.29 is 5.11 Å². The summed E-state index contributed by atoms with van der Waals surface area (Å²) in [4.78, 5) is 0. The molecule has 0 aromatic heterocycles. The van der Waals surface area contributed by atoms with E-state index in [1.54, 1.807) is 0 Å². The van der Waals surface area contributed by atoms with Crippen molar-refractivity contribution in [3.63, 3.8) is 0 Å². The fourth-order valence-electron chi connectivity index (χ4n) is 3.38. The number of hydrogen-bond acceptors (Lipinski definition) is 1. The van der Waals surface area contributed by atoms with Gasteiger partial charge in [-0.2, -0.15) is 0 Å². The van der Waals surface area contributed by atoms with Crippen LogP contribution in [0.15, 0.2) is 0 Å². The zero-order valence-electron chi connectivity index (χ0n) is 16.2. The van der Waals surface area contributed by atoms with Crippen LogP contribution in [0.3, 0.4) is 0 Å². The van der Waals surface area contributed by atoms with Gasteiger partial charge in [-0.3, -0.25) is 0 Å². The number of rotatable bonds is 17. The maximum atomic E-state index is 9.04. The maximum Gasteiger partial charge on any atom is 0.0431 e. The van der Waals surface area contributed by atoms with Crippen LogP contribution in [0.2, 0.25) is 0 Å². The maximum absolute atomic E-state index is 9.04. The minimum atomic E-state index is 0.196. The van der Waals surface area contributed by atoms with Gasteiger partial charge < -0.3 is 5.11 Å². The SMILES string of the molecule is CCCCCCCCCCCCCCC(C)(CCCO)C(C)Cl. The van der Waals surface area contributed by atoms with E-state index in [2.05, 4.69) is 20.8 Å². The number of unbranched alkanes of at least 4 members (excludes halogenated alkanes) is 11. The standard InChI is InChI=1S/C21H43ClO/c1-4-5-6-7-8-9-10-11-12-13-14-15-17-21(3,20(2)22)18-16-19-23/h20,23H,4-19H2,1-3H3. The lowest BCUT2D eigenvalue weighted by Crippen LogP contribution is -2.26. The van der Waals surface area contributed by atoms with E-state index in [-0.39, 0.29) is 17.4 Å². The zero-order chi connectivity index (χ0) is 17.4. The van der Waals surface area contributed by atoms with Gasteiger partial charge in [-0.1, -0.05) is 90.9 Å². The lowest BCUT2D eigenvalue weighted by molar-refractivity contribution is 0.209. The second-order valence-electron chi connectivity index (χ2n) is 7.74. The fourth-order valence-corrected chi connectivity index (χ4v) is 3.59. The first-order valence-electron chi connectivity index (χ1n) is 10.3. The van der Waals surface area contributed by atoms with Crippen molar-refractivity contribution in [1.82, 2.24) is 0 Å². The topological polar surface area (TPSA) is 20.2 Å². The van der Waals surface area contributed by atoms with E-state index in [0.717, 1.165) is 12.8 Å². The second-order valence-corrected chi connectivity index (χ2v) is 8.39. The molecule has 0 rings (SSSR count). The van der Waals surface area contributed by atoms with Crippen LogP contribution in [0.5, 0.6) is 0 Å². The van der Waals surface area contributed by atoms with Gasteiger partial charge in [0, 0.05) is 12.0 Å². The van der Waals surface area contributed by atoms with Gasteiger partial charge in [-0.15, -0.1) is 11.6 Å². The van der Waals surface area contributed by atoms with Crippen molar-refractivity contribution in [3.8, 4) is 0 Å². The highest BCUT2D eigenvalue weighted by atomic mass is 35.5. The molecule has 0 spiro atoms. The predicted molar refractivity (Wildman–Crippen MR) is 105 cm³/mol. The van der Waals surface area contributed by atoms with Gasteiger partial charge in [-0.05, 0) is 31.6 Å². The van der Waals surface area contributed by atoms with Gasteiger partial charge in [0.15, 0.2) is 0 Å². The summed E-state index contributed by atoms with van der Waals surface area (Å²) in [6.07, 6.45) is 19.9. The molecule has 140 valence electrons. The summed E-state index contributed by atoms with van der Waals surface area (Å²) in [6, 6.07) is 0. The Morgan fingerprint density at radius 2 is 1.13 bits per heavy atom. The molecule has 2 atom stereocenters. The zero-order valence-corrected chi connectivity index (χ0v) is 17.0. The average molecular weight is 347 g/mol. The molecule has 2 unspecified atom stereocenters. The van der Waals surface area contributed by atoms with Gasteiger partial charge in [0.25, 0.3) is 0 Å². The molecule has 0 heterocycles. The summed E-state index contributed by atoms with van der Waals surface area (Å²) < 4.78 is 0. The van der Waals surface area contributed by atoms with E-state index < -0.39 is 0 Å². The highest BCUT2D eigenvalue weighted by Gasteiger charge is 2.28. The van der Waals surface area contributed by atoms with Crippen molar-refractivity contribution in [2.24, 2.45) is 5.41 Å². The van der Waals surface area contributed by atoms with Crippen LogP contribution in [0.25, 0.3) is 0 Å². The lowest BCUT2D eigenvalue weighted by atomic mass is 9.78. The Morgan fingerprint density at radius 3 is 1.52 bits per heavy atom. The van der Waals surface area contributed by atoms with E-state index in [0.29, 0.717) is 0 Å². The third kappa shape index (κ3) is 13.2. The lowest BCUT2D eigenvalue weighted by Gasteiger charge is -2.32. The van der Waals surface area contributed by atoms with E-state index in [1.807, 2.05) is 0 Å². The molecule has 23 heavy (non-hydrogen) atoms. The van der Waals surface area contributed by atoms with Gasteiger partial charge in [0.2, 0.25) is 0 Å². The summed E-state index contributed by atoms with van der Waals surface area (Å²) in [5.74, 6) is 0. The third-order valence-electron chi connectivity index (χ3n) is 5.47. The Bertz CT molecular complexity index is 242. The monoisotopic (exact) mass is 346 g/mol. The van der Waals surface area contributed by atoms with E-state index in [9.17, 15) is 0 Å². The number of aliphatic hydroxyl groups is 1. The highest BCUT2D eigenvalue weighted by molar-refractivity contribution is 6.20. The molecule has 0 aliphatic heterocycles. The molecule has 0 fully saturated rings. The molecule has 0 saturated carbocycles. The van der Waals surface area contributed by atoms with Crippen LogP contribution in [0, 0.1) is 5.41 Å². The minimum absolute atomic E-state index is 0.196. The highest BCUT2D eigenvalue weighted by Crippen LogP contribution is 2.36. The molecule has 0 aliphatic carbocycles. The van der Waals surface area contributed by atoms with E-state index in [4.69, 9.17) is 16.7 Å². The van der Waals surface area contributed by atoms with Gasteiger partial charge in [0.05, 0.1) is 0 Å². The number of alkyl halides is 1. The van der Waals surface area contributed by atoms with Crippen molar-refractivity contribution in [3.05, 3.63) is 0 Å². The van der Waals surface area contributed by atoms with Crippen molar-refractivity contribution in [2.75, 3.05) is 6.61 Å². The van der Waals surface area contributed by atoms with Gasteiger partial charge in [-0.25, -0.2) is 0 Å². The van der Waals surface area contributed by atoms with Crippen LogP contribution in [0.4, 0.5) is 0 Å². The molecule has 0 saturated heterocycles. The molecule has 2 heteroatoms. The summed E-state index contributed by atoms with van der Waals surface area (Å²) in [5, 5.41) is 9.24. The number of halogens is 1. The largest absolute Gasteiger partial charge is 0.396 e. The first kappa shape index (κ1) is 23.2. The summed E-state index contributed by atoms with van der Waals surface area (Å²) in [6.45, 7) is 6.97. The Hall–Kier alpha value is 0.250. The van der Waals surface area contributed by atoms with Crippen molar-refractivity contribution in [2.45, 2.75) is 122 Å². The fraction of sp³-hybridized carbons (Fsp3) is 1.00. The number of hydrogen-bond donors (Lipinski definition) is 1.